The molecule has 2 rings (SSSR count). The molecule has 2 atom stereocenters. The smallest absolute Gasteiger partial charge is 0.306 e. The molecule has 1 heterocycles. The van der Waals surface area contributed by atoms with Gasteiger partial charge >= 0.3 is 5.97 Å². The summed E-state index contributed by atoms with van der Waals surface area (Å²) in [5.74, 6) is 1.88. The number of esters is 1. The van der Waals surface area contributed by atoms with Crippen LogP contribution in [0.2, 0.25) is 0 Å². The van der Waals surface area contributed by atoms with Gasteiger partial charge in [-0.1, -0.05) is 19.0 Å². The Labute approximate surface area is 125 Å². The van der Waals surface area contributed by atoms with Crippen LogP contribution in [-0.4, -0.2) is 22.7 Å². The van der Waals surface area contributed by atoms with E-state index >= 15 is 0 Å². The fourth-order valence-corrected chi connectivity index (χ4v) is 3.36. The van der Waals surface area contributed by atoms with Crippen molar-refractivity contribution in [1.82, 2.24) is 10.1 Å². The van der Waals surface area contributed by atoms with Crippen LogP contribution in [0.3, 0.4) is 0 Å². The van der Waals surface area contributed by atoms with E-state index in [-0.39, 0.29) is 12.4 Å². The summed E-state index contributed by atoms with van der Waals surface area (Å²) in [6.45, 7) is 6.58. The number of nitrogens with zero attached hydrogens (tertiary/aromatic N) is 2. The second-order valence-electron chi connectivity index (χ2n) is 6.33. The number of nitrogens with two attached hydrogens (primary N) is 1. The van der Waals surface area contributed by atoms with E-state index in [2.05, 4.69) is 24.0 Å². The summed E-state index contributed by atoms with van der Waals surface area (Å²) >= 11 is 0. The molecule has 0 saturated heterocycles. The molecule has 1 aromatic rings. The van der Waals surface area contributed by atoms with Crippen LogP contribution in [-0.2, 0) is 21.5 Å². The van der Waals surface area contributed by atoms with Crippen LogP contribution >= 0.6 is 0 Å². The third-order valence-electron chi connectivity index (χ3n) is 3.99. The number of carbonyl (C=O) groups excluding carboxylic acids is 1. The van der Waals surface area contributed by atoms with Crippen LogP contribution in [0.25, 0.3) is 0 Å². The maximum Gasteiger partial charge on any atom is 0.306 e. The zero-order valence-electron chi connectivity index (χ0n) is 13.1. The van der Waals surface area contributed by atoms with Crippen molar-refractivity contribution in [3.63, 3.8) is 0 Å². The van der Waals surface area contributed by atoms with Gasteiger partial charge < -0.3 is 15.0 Å². The normalized spacial score (nSPS) is 29.3. The Balaban J connectivity index is 2.00. The van der Waals surface area contributed by atoms with Crippen LogP contribution < -0.4 is 5.73 Å². The van der Waals surface area contributed by atoms with E-state index in [0.29, 0.717) is 36.6 Å². The molecule has 6 nitrogen and oxygen atoms in total. The minimum Gasteiger partial charge on any atom is -0.466 e. The predicted molar refractivity (Wildman–Crippen MR) is 77.3 cm³/mol. The second kappa shape index (κ2) is 6.56. The van der Waals surface area contributed by atoms with Crippen molar-refractivity contribution in [2.24, 2.45) is 17.6 Å². The fraction of sp³-hybridized carbons (Fsp3) is 0.800. The highest BCUT2D eigenvalue weighted by Gasteiger charge is 2.39. The largest absolute Gasteiger partial charge is 0.466 e. The first kappa shape index (κ1) is 15.9. The standard InChI is InChI=1S/C15H25N3O3/c1-4-20-13(19)6-5-12-17-14(18-21-12)15(16)8-10(2)7-11(3)9-15/h10-11H,4-9,16H2,1-3H3. The van der Waals surface area contributed by atoms with Crippen molar-refractivity contribution < 1.29 is 14.1 Å². The number of carbonyl (C=O) groups is 1. The van der Waals surface area contributed by atoms with E-state index in [1.54, 1.807) is 6.92 Å². The summed E-state index contributed by atoms with van der Waals surface area (Å²) in [5.41, 5.74) is 5.99. The lowest BCUT2D eigenvalue weighted by Crippen LogP contribution is -2.44. The van der Waals surface area contributed by atoms with Crippen LogP contribution in [0.15, 0.2) is 4.52 Å². The fourth-order valence-electron chi connectivity index (χ4n) is 3.36. The van der Waals surface area contributed by atoms with Gasteiger partial charge in [-0.3, -0.25) is 4.79 Å². The van der Waals surface area contributed by atoms with Gasteiger partial charge in [0.15, 0.2) is 5.82 Å². The summed E-state index contributed by atoms with van der Waals surface area (Å²) < 4.78 is 10.1. The average molecular weight is 295 g/mol. The van der Waals surface area contributed by atoms with Crippen LogP contribution in [0.1, 0.15) is 58.2 Å². The third-order valence-corrected chi connectivity index (χ3v) is 3.99. The van der Waals surface area contributed by atoms with Gasteiger partial charge in [-0.15, -0.1) is 0 Å². The zero-order valence-corrected chi connectivity index (χ0v) is 13.1. The van der Waals surface area contributed by atoms with Gasteiger partial charge in [-0.05, 0) is 38.0 Å². The van der Waals surface area contributed by atoms with Crippen molar-refractivity contribution in [3.05, 3.63) is 11.7 Å². The Morgan fingerprint density at radius 2 is 2.10 bits per heavy atom. The molecule has 1 saturated carbocycles. The quantitative estimate of drug-likeness (QED) is 0.837. The minimum absolute atomic E-state index is 0.250. The molecule has 1 aliphatic rings. The lowest BCUT2D eigenvalue weighted by atomic mass is 9.72. The highest BCUT2D eigenvalue weighted by atomic mass is 16.5. The summed E-state index contributed by atoms with van der Waals surface area (Å²) in [4.78, 5) is 15.7. The maximum absolute atomic E-state index is 11.3. The minimum atomic E-state index is -0.511. The Morgan fingerprint density at radius 1 is 1.43 bits per heavy atom. The molecule has 2 unspecified atom stereocenters. The molecule has 1 aromatic heterocycles. The topological polar surface area (TPSA) is 91.2 Å². The van der Waals surface area contributed by atoms with Crippen LogP contribution in [0.4, 0.5) is 0 Å². The summed E-state index contributed by atoms with van der Waals surface area (Å²) in [5, 5.41) is 4.04. The monoisotopic (exact) mass is 295 g/mol. The number of aromatic nitrogens is 2. The van der Waals surface area contributed by atoms with Gasteiger partial charge in [0.2, 0.25) is 5.89 Å². The third kappa shape index (κ3) is 4.03. The molecule has 2 N–H and O–H groups in total. The zero-order chi connectivity index (χ0) is 15.5. The highest BCUT2D eigenvalue weighted by molar-refractivity contribution is 5.69. The van der Waals surface area contributed by atoms with Crippen molar-refractivity contribution >= 4 is 5.97 Å². The molecule has 0 aromatic carbocycles. The highest BCUT2D eigenvalue weighted by Crippen LogP contribution is 2.39. The summed E-state index contributed by atoms with van der Waals surface area (Å²) in [6.07, 6.45) is 3.57. The summed E-state index contributed by atoms with van der Waals surface area (Å²) in [7, 11) is 0. The van der Waals surface area contributed by atoms with Gasteiger partial charge in [0, 0.05) is 6.42 Å². The van der Waals surface area contributed by atoms with E-state index in [1.807, 2.05) is 0 Å². The molecular weight excluding hydrogens is 270 g/mol. The SMILES string of the molecule is CCOC(=O)CCc1nc(C2(N)CC(C)CC(C)C2)no1. The number of ether oxygens (including phenoxy) is 1. The van der Waals surface area contributed by atoms with Crippen molar-refractivity contribution in [1.29, 1.82) is 0 Å². The van der Waals surface area contributed by atoms with E-state index in [4.69, 9.17) is 15.0 Å². The first-order valence-electron chi connectivity index (χ1n) is 7.70. The van der Waals surface area contributed by atoms with Gasteiger partial charge in [0.05, 0.1) is 18.6 Å². The molecule has 0 amide bonds. The van der Waals surface area contributed by atoms with Gasteiger partial charge in [-0.25, -0.2) is 0 Å². The lowest BCUT2D eigenvalue weighted by molar-refractivity contribution is -0.143. The molecule has 1 aliphatic carbocycles. The van der Waals surface area contributed by atoms with Crippen molar-refractivity contribution in [2.75, 3.05) is 6.61 Å². The molecule has 0 spiro atoms. The van der Waals surface area contributed by atoms with E-state index in [1.165, 1.54) is 6.42 Å². The van der Waals surface area contributed by atoms with Crippen molar-refractivity contribution in [3.8, 4) is 0 Å². The molecule has 0 radical (unpaired) electrons. The molecule has 0 bridgehead atoms. The van der Waals surface area contributed by atoms with E-state index in [9.17, 15) is 4.79 Å². The lowest BCUT2D eigenvalue weighted by Gasteiger charge is -2.37. The maximum atomic E-state index is 11.3. The molecule has 1 fully saturated rings. The number of aryl methyl sites for hydroxylation is 1. The predicted octanol–water partition coefficient (Wildman–Crippen LogP) is 2.18. The first-order chi connectivity index (χ1) is 9.93. The van der Waals surface area contributed by atoms with Crippen molar-refractivity contribution in [2.45, 2.75) is 58.4 Å². The van der Waals surface area contributed by atoms with E-state index < -0.39 is 5.54 Å². The van der Waals surface area contributed by atoms with Gasteiger partial charge in [-0.2, -0.15) is 4.98 Å². The van der Waals surface area contributed by atoms with Gasteiger partial charge in [0.25, 0.3) is 0 Å². The molecule has 0 aliphatic heterocycles. The van der Waals surface area contributed by atoms with Crippen LogP contribution in [0.5, 0.6) is 0 Å². The Morgan fingerprint density at radius 3 is 2.71 bits per heavy atom. The first-order valence-corrected chi connectivity index (χ1v) is 7.70. The summed E-state index contributed by atoms with van der Waals surface area (Å²) in [6, 6.07) is 0. The molecule has 6 heteroatoms. The Kier molecular flexibility index (Phi) is 4.98. The number of hydrogen-bond acceptors (Lipinski definition) is 6. The number of rotatable bonds is 5. The molecular formula is C15H25N3O3. The van der Waals surface area contributed by atoms with Gasteiger partial charge in [0.1, 0.15) is 0 Å². The second-order valence-corrected chi connectivity index (χ2v) is 6.33. The Bertz CT molecular complexity index is 476. The molecule has 118 valence electrons. The molecule has 21 heavy (non-hydrogen) atoms. The van der Waals surface area contributed by atoms with E-state index in [0.717, 1.165) is 12.8 Å². The Hall–Kier alpha value is -1.43. The average Bonchev–Trinajstić information content (AvgIpc) is 2.84. The number of hydrogen-bond donors (Lipinski definition) is 1. The van der Waals surface area contributed by atoms with Crippen LogP contribution in [0, 0.1) is 11.8 Å².